The summed E-state index contributed by atoms with van der Waals surface area (Å²) < 4.78 is 47.6. The minimum atomic E-state index is -3.26. The zero-order valence-electron chi connectivity index (χ0n) is 16.1. The maximum atomic E-state index is 12.8. The molecule has 162 valence electrons. The predicted molar refractivity (Wildman–Crippen MR) is 114 cm³/mol. The summed E-state index contributed by atoms with van der Waals surface area (Å²) in [6.45, 7) is 2.93. The molecule has 0 bridgehead atoms. The van der Waals surface area contributed by atoms with E-state index >= 15 is 0 Å². The number of halogens is 4. The van der Waals surface area contributed by atoms with Crippen LogP contribution in [0.5, 0.6) is 0 Å². The van der Waals surface area contributed by atoms with Crippen LogP contribution in [0.3, 0.4) is 0 Å². The van der Waals surface area contributed by atoms with E-state index in [2.05, 4.69) is 4.98 Å². The van der Waals surface area contributed by atoms with Gasteiger partial charge in [-0.2, -0.15) is 8.78 Å². The maximum absolute atomic E-state index is 12.8. The minimum Gasteiger partial charge on any atom is -0.506 e. The summed E-state index contributed by atoms with van der Waals surface area (Å²) in [5, 5.41) is 10.4. The Balaban J connectivity index is 2.61. The van der Waals surface area contributed by atoms with Crippen molar-refractivity contribution in [3.05, 3.63) is 57.3 Å². The van der Waals surface area contributed by atoms with Gasteiger partial charge in [0, 0.05) is 18.8 Å². The van der Waals surface area contributed by atoms with Crippen molar-refractivity contribution in [1.29, 1.82) is 0 Å². The Hall–Kier alpha value is -2.23. The van der Waals surface area contributed by atoms with Crippen LogP contribution < -0.4 is 4.90 Å². The average molecular weight is 479 g/mol. The first-order valence-corrected chi connectivity index (χ1v) is 10.4. The van der Waals surface area contributed by atoms with E-state index < -0.39 is 33.5 Å². The number of thiol groups is 1. The molecule has 0 saturated heterocycles. The number of anilines is 1. The van der Waals surface area contributed by atoms with Crippen molar-refractivity contribution in [1.82, 2.24) is 4.98 Å². The number of alkyl halides is 2. The summed E-state index contributed by atoms with van der Waals surface area (Å²) in [6, 6.07) is 5.79. The number of nitrogens with zero attached hydrogens (tertiary/aromatic N) is 2. The normalized spacial score (nSPS) is 12.5. The number of hydrogen-bond acceptors (Lipinski definition) is 5. The van der Waals surface area contributed by atoms with E-state index in [0.717, 1.165) is 7.05 Å². The molecular formula is C19H18Cl2F2N2O4S. The summed E-state index contributed by atoms with van der Waals surface area (Å²) in [7, 11) is -1.80. The van der Waals surface area contributed by atoms with Gasteiger partial charge >= 0.3 is 6.43 Å². The molecule has 30 heavy (non-hydrogen) atoms. The average Bonchev–Trinajstić information content (AvgIpc) is 2.69. The van der Waals surface area contributed by atoms with Crippen LogP contribution in [0, 0.1) is 0 Å². The van der Waals surface area contributed by atoms with Crippen LogP contribution in [-0.4, -0.2) is 37.9 Å². The highest BCUT2D eigenvalue weighted by atomic mass is 35.5. The second-order valence-corrected chi connectivity index (χ2v) is 9.16. The molecule has 1 amide bonds. The van der Waals surface area contributed by atoms with E-state index in [4.69, 9.17) is 23.2 Å². The van der Waals surface area contributed by atoms with Crippen LogP contribution in [-0.2, 0) is 20.2 Å². The summed E-state index contributed by atoms with van der Waals surface area (Å²) in [5.74, 6) is -1.91. The molecule has 6 nitrogen and oxygen atoms in total. The van der Waals surface area contributed by atoms with Gasteiger partial charge < -0.3 is 10.0 Å². The van der Waals surface area contributed by atoms with Crippen molar-refractivity contribution in [2.75, 3.05) is 11.9 Å². The zero-order valence-corrected chi connectivity index (χ0v) is 18.5. The van der Waals surface area contributed by atoms with Crippen LogP contribution in [0.4, 0.5) is 14.5 Å². The fourth-order valence-corrected chi connectivity index (χ4v) is 3.71. The van der Waals surface area contributed by atoms with E-state index in [9.17, 15) is 27.1 Å². The largest absolute Gasteiger partial charge is 0.506 e. The monoisotopic (exact) mass is 478 g/mol. The lowest BCUT2D eigenvalue weighted by Crippen LogP contribution is -2.32. The number of benzene rings is 1. The molecule has 0 fully saturated rings. The third kappa shape index (κ3) is 4.74. The Bertz CT molecular complexity index is 1080. The van der Waals surface area contributed by atoms with E-state index in [1.807, 2.05) is 0 Å². The van der Waals surface area contributed by atoms with E-state index in [1.165, 1.54) is 50.4 Å². The molecule has 2 aromatic rings. The van der Waals surface area contributed by atoms with Gasteiger partial charge in [-0.1, -0.05) is 35.3 Å². The number of aliphatic hydroxyl groups is 1. The standard InChI is InChI=1S/C19H18Cl2F2N2O4S/c1-19(2,30(28)29)11-5-4-8-24-15(11)13(26)9-10-6-7-12(20)16(14(10)21)25(3)18(27)17(22)23/h4-9,17,26,30H,1-3H3/b13-9-. The van der Waals surface area contributed by atoms with Gasteiger partial charge in [0.1, 0.15) is 22.2 Å². The molecule has 0 saturated carbocycles. The third-order valence-electron chi connectivity index (χ3n) is 4.41. The first-order chi connectivity index (χ1) is 13.9. The molecule has 0 aliphatic carbocycles. The number of carbonyl (C=O) groups is 1. The van der Waals surface area contributed by atoms with Crippen molar-refractivity contribution in [3.8, 4) is 0 Å². The number of rotatable bonds is 6. The highest BCUT2D eigenvalue weighted by Gasteiger charge is 2.29. The van der Waals surface area contributed by atoms with Gasteiger partial charge in [0.25, 0.3) is 5.91 Å². The summed E-state index contributed by atoms with van der Waals surface area (Å²) in [6.07, 6.45) is -0.703. The van der Waals surface area contributed by atoms with Crippen LogP contribution >= 0.6 is 23.2 Å². The first-order valence-electron chi connectivity index (χ1n) is 8.44. The Kier molecular flexibility index (Phi) is 7.44. The Morgan fingerprint density at radius 3 is 2.47 bits per heavy atom. The van der Waals surface area contributed by atoms with Crippen LogP contribution in [0.15, 0.2) is 30.5 Å². The van der Waals surface area contributed by atoms with Crippen molar-refractivity contribution in [3.63, 3.8) is 0 Å². The number of amides is 1. The topological polar surface area (TPSA) is 87.6 Å². The molecule has 0 aliphatic heterocycles. The number of aliphatic hydroxyl groups excluding tert-OH is 1. The fourth-order valence-electron chi connectivity index (χ4n) is 2.65. The van der Waals surface area contributed by atoms with Crippen molar-refractivity contribution >= 4 is 57.3 Å². The second-order valence-electron chi connectivity index (χ2n) is 6.74. The van der Waals surface area contributed by atoms with Gasteiger partial charge in [-0.25, -0.2) is 8.42 Å². The molecule has 1 aromatic carbocycles. The Labute approximate surface area is 183 Å². The van der Waals surface area contributed by atoms with Crippen molar-refractivity contribution in [2.24, 2.45) is 0 Å². The van der Waals surface area contributed by atoms with Crippen molar-refractivity contribution in [2.45, 2.75) is 25.0 Å². The molecule has 0 atom stereocenters. The quantitative estimate of drug-likeness (QED) is 0.470. The van der Waals surface area contributed by atoms with E-state index in [0.29, 0.717) is 4.90 Å². The highest BCUT2D eigenvalue weighted by Crippen LogP contribution is 2.38. The first kappa shape index (κ1) is 24.0. The van der Waals surface area contributed by atoms with Gasteiger partial charge in [0.15, 0.2) is 0 Å². The lowest BCUT2D eigenvalue weighted by Gasteiger charge is -2.21. The van der Waals surface area contributed by atoms with E-state index in [1.54, 1.807) is 0 Å². The van der Waals surface area contributed by atoms with Crippen LogP contribution in [0.2, 0.25) is 10.0 Å². The number of pyridine rings is 1. The van der Waals surface area contributed by atoms with Gasteiger partial charge in [0.2, 0.25) is 0 Å². The molecule has 1 N–H and O–H groups in total. The molecule has 2 rings (SSSR count). The number of carbonyl (C=O) groups excluding carboxylic acids is 1. The summed E-state index contributed by atoms with van der Waals surface area (Å²) in [5.41, 5.74) is 0.259. The molecule has 0 unspecified atom stereocenters. The number of aromatic nitrogens is 1. The van der Waals surface area contributed by atoms with Crippen LogP contribution in [0.25, 0.3) is 11.8 Å². The SMILES string of the molecule is CN(C(=O)C(F)F)c1c(Cl)ccc(/C=C(\O)c2ncccc2C(C)(C)[SH](=O)=O)c1Cl. The second kappa shape index (κ2) is 9.28. The lowest BCUT2D eigenvalue weighted by atomic mass is 9.98. The third-order valence-corrected chi connectivity index (χ3v) is 6.26. The molecular weight excluding hydrogens is 461 g/mol. The number of hydrogen-bond donors (Lipinski definition) is 2. The molecule has 11 heteroatoms. The van der Waals surface area contributed by atoms with Gasteiger partial charge in [0.05, 0.1) is 20.5 Å². The molecule has 1 aromatic heterocycles. The van der Waals surface area contributed by atoms with Crippen LogP contribution in [0.1, 0.15) is 30.7 Å². The molecule has 0 radical (unpaired) electrons. The van der Waals surface area contributed by atoms with Gasteiger partial charge in [-0.3, -0.25) is 9.78 Å². The van der Waals surface area contributed by atoms with Crippen molar-refractivity contribution < 1.29 is 27.1 Å². The smallest absolute Gasteiger partial charge is 0.316 e. The Morgan fingerprint density at radius 2 is 1.90 bits per heavy atom. The summed E-state index contributed by atoms with van der Waals surface area (Å²) >= 11 is 12.3. The maximum Gasteiger partial charge on any atom is 0.316 e. The molecule has 0 aliphatic rings. The van der Waals surface area contributed by atoms with Gasteiger partial charge in [-0.05, 0) is 37.6 Å². The fraction of sp³-hybridized carbons (Fsp3) is 0.263. The highest BCUT2D eigenvalue weighted by molar-refractivity contribution is 7.73. The minimum absolute atomic E-state index is 0.00581. The zero-order chi connectivity index (χ0) is 22.8. The lowest BCUT2D eigenvalue weighted by molar-refractivity contribution is -0.128. The Morgan fingerprint density at radius 1 is 1.27 bits per heavy atom. The predicted octanol–water partition coefficient (Wildman–Crippen LogP) is 4.52. The summed E-state index contributed by atoms with van der Waals surface area (Å²) in [4.78, 5) is 16.3. The molecule has 0 spiro atoms. The van der Waals surface area contributed by atoms with E-state index in [-0.39, 0.29) is 32.6 Å². The van der Waals surface area contributed by atoms with Gasteiger partial charge in [-0.15, -0.1) is 0 Å². The molecule has 1 heterocycles.